The lowest BCUT2D eigenvalue weighted by Gasteiger charge is -2.23. The highest BCUT2D eigenvalue weighted by Crippen LogP contribution is 2.45. The van der Waals surface area contributed by atoms with Crippen LogP contribution in [0, 0.1) is 0 Å². The summed E-state index contributed by atoms with van der Waals surface area (Å²) in [7, 11) is 0. The van der Waals surface area contributed by atoms with Gasteiger partial charge >= 0.3 is 5.91 Å². The van der Waals surface area contributed by atoms with Crippen molar-refractivity contribution in [3.63, 3.8) is 0 Å². The highest BCUT2D eigenvalue weighted by Gasteiger charge is 2.48. The van der Waals surface area contributed by atoms with E-state index < -0.39 is 17.7 Å². The van der Waals surface area contributed by atoms with Gasteiger partial charge in [0, 0.05) is 21.4 Å². The summed E-state index contributed by atoms with van der Waals surface area (Å²) < 4.78 is 12.2. The molecule has 0 bridgehead atoms. The Kier molecular flexibility index (Phi) is 11.6. The van der Waals surface area contributed by atoms with Crippen molar-refractivity contribution < 1.29 is 24.2 Å². The third-order valence-electron chi connectivity index (χ3n) is 7.20. The number of rotatable bonds is 14. The van der Waals surface area contributed by atoms with Crippen LogP contribution in [0.3, 0.4) is 0 Å². The van der Waals surface area contributed by atoms with Gasteiger partial charge in [-0.15, -0.1) is 10.2 Å². The number of benzene rings is 3. The highest BCUT2D eigenvalue weighted by atomic mass is 35.5. The molecule has 0 spiro atoms. The number of unbranched alkanes of at least 4 members (excludes halogenated alkanes) is 2. The van der Waals surface area contributed by atoms with E-state index in [2.05, 4.69) is 17.1 Å². The second-order valence-corrected chi connectivity index (χ2v) is 13.6. The van der Waals surface area contributed by atoms with Crippen molar-refractivity contribution >= 4 is 68.9 Å². The molecule has 1 saturated heterocycles. The van der Waals surface area contributed by atoms with Gasteiger partial charge in [0.05, 0.1) is 24.8 Å². The molecule has 46 heavy (non-hydrogen) atoms. The van der Waals surface area contributed by atoms with Crippen LogP contribution in [0.1, 0.15) is 62.3 Å². The van der Waals surface area contributed by atoms with E-state index in [0.717, 1.165) is 31.2 Å². The summed E-state index contributed by atoms with van der Waals surface area (Å²) in [6, 6.07) is 18.3. The van der Waals surface area contributed by atoms with E-state index in [4.69, 9.17) is 32.7 Å². The number of aliphatic hydroxyl groups excluding tert-OH is 1. The van der Waals surface area contributed by atoms with Gasteiger partial charge in [-0.05, 0) is 72.5 Å². The van der Waals surface area contributed by atoms with E-state index in [1.165, 1.54) is 28.0 Å². The fourth-order valence-corrected chi connectivity index (χ4v) is 7.31. The first kappa shape index (κ1) is 33.8. The van der Waals surface area contributed by atoms with E-state index in [1.807, 2.05) is 25.1 Å². The zero-order valence-corrected chi connectivity index (χ0v) is 28.5. The summed E-state index contributed by atoms with van der Waals surface area (Å²) >= 11 is 15.0. The molecular formula is C34H33Cl2N3O5S2. The number of aliphatic hydroxyl groups is 1. The number of nitrogens with zero attached hydrogens (tertiary/aromatic N) is 3. The summed E-state index contributed by atoms with van der Waals surface area (Å²) in [5, 5.41) is 21.5. The SMILES string of the molecule is CCCCCOc1cccc(C2C(=C(O)c3ccc(OCCC)cc3)C(=O)C(=O)N2c2nnc(SCc3ccc(Cl)cc3Cl)s2)c1. The third-order valence-corrected chi connectivity index (χ3v) is 9.90. The van der Waals surface area contributed by atoms with E-state index in [0.29, 0.717) is 56.0 Å². The molecule has 1 fully saturated rings. The van der Waals surface area contributed by atoms with E-state index in [1.54, 1.807) is 48.5 Å². The van der Waals surface area contributed by atoms with Crippen LogP contribution in [-0.2, 0) is 15.3 Å². The monoisotopic (exact) mass is 697 g/mol. The Morgan fingerprint density at radius 1 is 0.935 bits per heavy atom. The zero-order chi connectivity index (χ0) is 32.6. The number of anilines is 1. The Bertz CT molecular complexity index is 1730. The third kappa shape index (κ3) is 7.86. The first-order valence-corrected chi connectivity index (χ1v) is 17.5. The molecule has 0 radical (unpaired) electrons. The fraction of sp³-hybridized carbons (Fsp3) is 0.294. The normalized spacial score (nSPS) is 15.8. The Hall–Kier alpha value is -3.57. The van der Waals surface area contributed by atoms with Crippen LogP contribution in [-0.4, -0.2) is 40.2 Å². The first-order chi connectivity index (χ1) is 22.3. The summed E-state index contributed by atoms with van der Waals surface area (Å²) in [5.41, 5.74) is 1.80. The number of halogens is 2. The van der Waals surface area contributed by atoms with Crippen molar-refractivity contribution in [3.8, 4) is 11.5 Å². The maximum absolute atomic E-state index is 13.7. The fourth-order valence-electron chi connectivity index (χ4n) is 4.88. The lowest BCUT2D eigenvalue weighted by atomic mass is 9.95. The molecular weight excluding hydrogens is 665 g/mol. The minimum atomic E-state index is -0.966. The first-order valence-electron chi connectivity index (χ1n) is 15.0. The lowest BCUT2D eigenvalue weighted by molar-refractivity contribution is -0.132. The molecule has 1 aliphatic heterocycles. The molecule has 1 N–H and O–H groups in total. The molecule has 1 aliphatic rings. The van der Waals surface area contributed by atoms with Crippen molar-refractivity contribution in [2.75, 3.05) is 18.1 Å². The molecule has 5 rings (SSSR count). The lowest BCUT2D eigenvalue weighted by Crippen LogP contribution is -2.29. The van der Waals surface area contributed by atoms with Crippen molar-refractivity contribution in [2.45, 2.75) is 55.7 Å². The standard InChI is InChI=1S/C34H33Cl2N3O5S2/c1-3-5-6-17-44-26-9-7-8-22(18-26)29-28(30(40)21-11-14-25(15-12-21)43-16-4-2)31(41)32(42)39(29)33-37-38-34(46-33)45-20-23-10-13-24(35)19-27(23)36/h7-15,18-19,29,40H,3-6,16-17,20H2,1-2H3. The zero-order valence-electron chi connectivity index (χ0n) is 25.4. The number of carbonyl (C=O) groups is 2. The summed E-state index contributed by atoms with van der Waals surface area (Å²) in [6.45, 7) is 5.24. The summed E-state index contributed by atoms with van der Waals surface area (Å²) in [5.74, 6) is -0.175. The largest absolute Gasteiger partial charge is 0.507 e. The molecule has 12 heteroatoms. The topological polar surface area (TPSA) is 102 Å². The smallest absolute Gasteiger partial charge is 0.301 e. The second-order valence-electron chi connectivity index (χ2n) is 10.5. The van der Waals surface area contributed by atoms with Gasteiger partial charge in [0.2, 0.25) is 5.13 Å². The number of hydrogen-bond acceptors (Lipinski definition) is 9. The van der Waals surface area contributed by atoms with Gasteiger partial charge in [-0.1, -0.05) is 91.2 Å². The summed E-state index contributed by atoms with van der Waals surface area (Å²) in [6.07, 6.45) is 3.87. The maximum Gasteiger partial charge on any atom is 0.301 e. The van der Waals surface area contributed by atoms with Crippen LogP contribution in [0.4, 0.5) is 5.13 Å². The van der Waals surface area contributed by atoms with Crippen LogP contribution in [0.5, 0.6) is 11.5 Å². The number of carbonyl (C=O) groups excluding carboxylic acids is 2. The molecule has 4 aromatic rings. The Balaban J connectivity index is 1.50. The van der Waals surface area contributed by atoms with Crippen LogP contribution in [0.15, 0.2) is 76.6 Å². The van der Waals surface area contributed by atoms with Crippen LogP contribution in [0.2, 0.25) is 10.0 Å². The predicted molar refractivity (Wildman–Crippen MR) is 184 cm³/mol. The minimum absolute atomic E-state index is 0.0484. The van der Waals surface area contributed by atoms with E-state index in [9.17, 15) is 14.7 Å². The highest BCUT2D eigenvalue weighted by molar-refractivity contribution is 8.00. The van der Waals surface area contributed by atoms with Gasteiger partial charge in [-0.3, -0.25) is 14.5 Å². The van der Waals surface area contributed by atoms with Crippen molar-refractivity contribution in [3.05, 3.63) is 99.0 Å². The number of amides is 1. The summed E-state index contributed by atoms with van der Waals surface area (Å²) in [4.78, 5) is 28.7. The van der Waals surface area contributed by atoms with Gasteiger partial charge in [0.15, 0.2) is 4.34 Å². The average molecular weight is 699 g/mol. The van der Waals surface area contributed by atoms with E-state index in [-0.39, 0.29) is 16.5 Å². The number of ether oxygens (including phenoxy) is 2. The van der Waals surface area contributed by atoms with E-state index >= 15 is 0 Å². The molecule has 2 heterocycles. The predicted octanol–water partition coefficient (Wildman–Crippen LogP) is 9.12. The van der Waals surface area contributed by atoms with Crippen molar-refractivity contribution in [1.82, 2.24) is 10.2 Å². The Labute approximate surface area is 286 Å². The number of Topliss-reactive ketones (excluding diaryl/α,β-unsaturated/α-hetero) is 1. The molecule has 8 nitrogen and oxygen atoms in total. The molecule has 1 unspecified atom stereocenters. The second kappa shape index (κ2) is 15.8. The van der Waals surface area contributed by atoms with Gasteiger partial charge in [-0.2, -0.15) is 0 Å². The molecule has 0 saturated carbocycles. The molecule has 1 aromatic heterocycles. The molecule has 1 amide bonds. The molecule has 240 valence electrons. The Morgan fingerprint density at radius 2 is 1.72 bits per heavy atom. The Morgan fingerprint density at radius 3 is 2.46 bits per heavy atom. The average Bonchev–Trinajstić information content (AvgIpc) is 3.63. The molecule has 1 atom stereocenters. The number of thioether (sulfide) groups is 1. The number of hydrogen-bond donors (Lipinski definition) is 1. The number of ketones is 1. The van der Waals surface area contributed by atoms with Gasteiger partial charge < -0.3 is 14.6 Å². The van der Waals surface area contributed by atoms with Crippen LogP contribution < -0.4 is 14.4 Å². The van der Waals surface area contributed by atoms with Crippen molar-refractivity contribution in [2.24, 2.45) is 0 Å². The van der Waals surface area contributed by atoms with Gasteiger partial charge in [-0.25, -0.2) is 0 Å². The van der Waals surface area contributed by atoms with Crippen LogP contribution in [0.25, 0.3) is 5.76 Å². The maximum atomic E-state index is 13.7. The number of aromatic nitrogens is 2. The molecule has 3 aromatic carbocycles. The quantitative estimate of drug-likeness (QED) is 0.0348. The minimum Gasteiger partial charge on any atom is -0.507 e. The van der Waals surface area contributed by atoms with Gasteiger partial charge in [0.25, 0.3) is 5.78 Å². The van der Waals surface area contributed by atoms with Gasteiger partial charge in [0.1, 0.15) is 17.3 Å². The van der Waals surface area contributed by atoms with Crippen molar-refractivity contribution in [1.29, 1.82) is 0 Å². The van der Waals surface area contributed by atoms with Crippen LogP contribution >= 0.6 is 46.3 Å². The molecule has 0 aliphatic carbocycles.